The van der Waals surface area contributed by atoms with Gasteiger partial charge in [-0.25, -0.2) is 0 Å². The fourth-order valence-corrected chi connectivity index (χ4v) is 0.720. The van der Waals surface area contributed by atoms with E-state index in [4.69, 9.17) is 5.41 Å². The van der Waals surface area contributed by atoms with Crippen LogP contribution in [0.4, 0.5) is 0 Å². The number of hydrogen-bond donors (Lipinski definition) is 1. The summed E-state index contributed by atoms with van der Waals surface area (Å²) in [6, 6.07) is 0. The van der Waals surface area contributed by atoms with Crippen molar-refractivity contribution < 1.29 is 0 Å². The Labute approximate surface area is 62.3 Å². The Balaban J connectivity index is 4.79. The van der Waals surface area contributed by atoms with Crippen LogP contribution in [0.3, 0.4) is 0 Å². The fourth-order valence-electron chi connectivity index (χ4n) is 0.720. The summed E-state index contributed by atoms with van der Waals surface area (Å²) < 4.78 is 0. The van der Waals surface area contributed by atoms with Crippen molar-refractivity contribution >= 4 is 5.71 Å². The summed E-state index contributed by atoms with van der Waals surface area (Å²) in [4.78, 5) is 0. The lowest BCUT2D eigenvalue weighted by molar-refractivity contribution is 1.41. The molecule has 10 heavy (non-hydrogen) atoms. The first kappa shape index (κ1) is 8.89. The third kappa shape index (κ3) is 2.02. The molecular formula is C9H13N. The van der Waals surface area contributed by atoms with Gasteiger partial charge < -0.3 is 5.41 Å². The van der Waals surface area contributed by atoms with E-state index in [0.717, 1.165) is 11.1 Å². The van der Waals surface area contributed by atoms with Crippen molar-refractivity contribution in [3.63, 3.8) is 0 Å². The first-order valence-corrected chi connectivity index (χ1v) is 3.14. The highest BCUT2D eigenvalue weighted by Gasteiger charge is 1.95. The maximum absolute atomic E-state index is 7.31. The van der Waals surface area contributed by atoms with E-state index < -0.39 is 0 Å². The van der Waals surface area contributed by atoms with Crippen LogP contribution in [-0.4, -0.2) is 5.71 Å². The lowest BCUT2D eigenvalue weighted by Gasteiger charge is -2.00. The lowest BCUT2D eigenvalue weighted by atomic mass is 10.1. The monoisotopic (exact) mass is 135 g/mol. The second-order valence-electron chi connectivity index (χ2n) is 2.13. The molecule has 0 saturated heterocycles. The van der Waals surface area contributed by atoms with Crippen molar-refractivity contribution in [1.82, 2.24) is 0 Å². The number of nitrogens with one attached hydrogen (secondary N) is 1. The minimum absolute atomic E-state index is 0.535. The van der Waals surface area contributed by atoms with Crippen LogP contribution in [0.5, 0.6) is 0 Å². The van der Waals surface area contributed by atoms with Gasteiger partial charge in [0.15, 0.2) is 0 Å². The quantitative estimate of drug-likeness (QED) is 0.454. The van der Waals surface area contributed by atoms with Gasteiger partial charge in [0.25, 0.3) is 0 Å². The molecule has 0 bridgehead atoms. The Morgan fingerprint density at radius 2 is 1.70 bits per heavy atom. The average Bonchev–Trinajstić information content (AvgIpc) is 1.88. The van der Waals surface area contributed by atoms with E-state index in [9.17, 15) is 0 Å². The van der Waals surface area contributed by atoms with Gasteiger partial charge in [-0.05, 0) is 25.0 Å². The van der Waals surface area contributed by atoms with Gasteiger partial charge in [-0.3, -0.25) is 0 Å². The Kier molecular flexibility index (Phi) is 3.40. The summed E-state index contributed by atoms with van der Waals surface area (Å²) in [7, 11) is 0. The summed E-state index contributed by atoms with van der Waals surface area (Å²) in [6.45, 7) is 10.9. The van der Waals surface area contributed by atoms with Crippen molar-refractivity contribution in [3.8, 4) is 0 Å². The van der Waals surface area contributed by atoms with Crippen LogP contribution in [0, 0.1) is 5.41 Å². The lowest BCUT2D eigenvalue weighted by Crippen LogP contribution is -1.93. The molecule has 0 rings (SSSR count). The Hall–Kier alpha value is -1.11. The minimum atomic E-state index is 0.535. The van der Waals surface area contributed by atoms with Crippen LogP contribution in [0.15, 0.2) is 36.5 Å². The standard InChI is InChI=1S/C9H13N/c1-5-7(3)9(6-2)8(4)10/h5-6,10H,1-2H2,3-4H3/b9-7-,10-8?. The molecule has 0 aromatic carbocycles. The third-order valence-corrected chi connectivity index (χ3v) is 1.34. The largest absolute Gasteiger partial charge is 0.305 e. The molecule has 0 saturated carbocycles. The minimum Gasteiger partial charge on any atom is -0.305 e. The molecule has 1 nitrogen and oxygen atoms in total. The molecule has 54 valence electrons. The molecule has 1 N–H and O–H groups in total. The van der Waals surface area contributed by atoms with Crippen LogP contribution in [0.25, 0.3) is 0 Å². The van der Waals surface area contributed by atoms with Crippen molar-refractivity contribution in [2.45, 2.75) is 13.8 Å². The topological polar surface area (TPSA) is 23.9 Å². The molecule has 0 fully saturated rings. The van der Waals surface area contributed by atoms with Crippen molar-refractivity contribution in [1.29, 1.82) is 5.41 Å². The van der Waals surface area contributed by atoms with E-state index in [1.807, 2.05) is 6.92 Å². The van der Waals surface area contributed by atoms with E-state index in [1.54, 1.807) is 19.1 Å². The highest BCUT2D eigenvalue weighted by molar-refractivity contribution is 5.99. The summed E-state index contributed by atoms with van der Waals surface area (Å²) in [6.07, 6.45) is 3.41. The molecule has 0 unspecified atom stereocenters. The average molecular weight is 135 g/mol. The maximum atomic E-state index is 7.31. The van der Waals surface area contributed by atoms with Crippen molar-refractivity contribution in [2.24, 2.45) is 0 Å². The molecule has 0 spiro atoms. The van der Waals surface area contributed by atoms with E-state index in [0.29, 0.717) is 5.71 Å². The van der Waals surface area contributed by atoms with Crippen LogP contribution < -0.4 is 0 Å². The zero-order valence-electron chi connectivity index (χ0n) is 6.57. The van der Waals surface area contributed by atoms with Crippen LogP contribution >= 0.6 is 0 Å². The molecule has 0 aliphatic rings. The summed E-state index contributed by atoms with van der Waals surface area (Å²) >= 11 is 0. The SMILES string of the molecule is C=C/C(C)=C(/C=C)C(C)=N. The molecule has 0 amide bonds. The first-order valence-electron chi connectivity index (χ1n) is 3.14. The third-order valence-electron chi connectivity index (χ3n) is 1.34. The fraction of sp³-hybridized carbons (Fsp3) is 0.222. The normalized spacial score (nSPS) is 11.8. The maximum Gasteiger partial charge on any atom is 0.0357 e. The molecule has 0 aromatic heterocycles. The Bertz CT molecular complexity index is 197. The van der Waals surface area contributed by atoms with E-state index in [1.165, 1.54) is 0 Å². The molecule has 1 heteroatoms. The van der Waals surface area contributed by atoms with Gasteiger partial charge in [0.2, 0.25) is 0 Å². The van der Waals surface area contributed by atoms with Gasteiger partial charge >= 0.3 is 0 Å². The smallest absolute Gasteiger partial charge is 0.0357 e. The van der Waals surface area contributed by atoms with Crippen LogP contribution in [0.2, 0.25) is 0 Å². The predicted octanol–water partition coefficient (Wildman–Crippen LogP) is 2.71. The zero-order valence-corrected chi connectivity index (χ0v) is 6.57. The van der Waals surface area contributed by atoms with Gasteiger partial charge in [-0.1, -0.05) is 25.3 Å². The molecule has 0 atom stereocenters. The molecule has 0 heterocycles. The molecule has 0 aliphatic carbocycles. The van der Waals surface area contributed by atoms with E-state index in [-0.39, 0.29) is 0 Å². The second kappa shape index (κ2) is 3.83. The summed E-state index contributed by atoms with van der Waals surface area (Å²) in [5.74, 6) is 0. The van der Waals surface area contributed by atoms with Gasteiger partial charge in [0, 0.05) is 5.71 Å². The highest BCUT2D eigenvalue weighted by Crippen LogP contribution is 2.06. The number of allylic oxidation sites excluding steroid dienone is 4. The summed E-state index contributed by atoms with van der Waals surface area (Å²) in [5.41, 5.74) is 2.41. The van der Waals surface area contributed by atoms with Gasteiger partial charge in [0.05, 0.1) is 0 Å². The van der Waals surface area contributed by atoms with Crippen LogP contribution in [0.1, 0.15) is 13.8 Å². The number of hydrogen-bond acceptors (Lipinski definition) is 1. The summed E-state index contributed by atoms with van der Waals surface area (Å²) in [5, 5.41) is 7.31. The first-order chi connectivity index (χ1) is 4.63. The predicted molar refractivity (Wildman–Crippen MR) is 46.5 cm³/mol. The van der Waals surface area contributed by atoms with Crippen molar-refractivity contribution in [2.75, 3.05) is 0 Å². The molecular weight excluding hydrogens is 122 g/mol. The van der Waals surface area contributed by atoms with Gasteiger partial charge in [-0.2, -0.15) is 0 Å². The molecule has 0 aliphatic heterocycles. The van der Waals surface area contributed by atoms with E-state index >= 15 is 0 Å². The highest BCUT2D eigenvalue weighted by atomic mass is 14.4. The van der Waals surface area contributed by atoms with Crippen molar-refractivity contribution in [3.05, 3.63) is 36.5 Å². The zero-order chi connectivity index (χ0) is 8.15. The Morgan fingerprint density at radius 3 is 1.80 bits per heavy atom. The van der Waals surface area contributed by atoms with Gasteiger partial charge in [0.1, 0.15) is 0 Å². The molecule has 0 aromatic rings. The van der Waals surface area contributed by atoms with E-state index in [2.05, 4.69) is 13.2 Å². The second-order valence-corrected chi connectivity index (χ2v) is 2.13. The van der Waals surface area contributed by atoms with Gasteiger partial charge in [-0.15, -0.1) is 0 Å². The van der Waals surface area contributed by atoms with Crippen LogP contribution in [-0.2, 0) is 0 Å². The number of rotatable bonds is 3. The Morgan fingerprint density at radius 1 is 1.20 bits per heavy atom. The molecule has 0 radical (unpaired) electrons.